The average molecular weight is 243 g/mol. The third-order valence-electron chi connectivity index (χ3n) is 2.46. The van der Waals surface area contributed by atoms with Crippen LogP contribution in [0.2, 0.25) is 0 Å². The van der Waals surface area contributed by atoms with Crippen LogP contribution in [0.5, 0.6) is 0 Å². The van der Waals surface area contributed by atoms with Crippen molar-refractivity contribution in [1.82, 2.24) is 0 Å². The molecule has 0 aromatic rings. The molecule has 0 aliphatic carbocycles. The SMILES string of the molecule is [CH]=CCCC/C=C\C/C=C\C/C=C\C/C=C\CC. The van der Waals surface area contributed by atoms with Crippen molar-refractivity contribution in [1.29, 1.82) is 0 Å². The molecule has 0 atom stereocenters. The summed E-state index contributed by atoms with van der Waals surface area (Å²) in [4.78, 5) is 0. The Bertz CT molecular complexity index is 276. The molecule has 0 aliphatic heterocycles. The van der Waals surface area contributed by atoms with Crippen LogP contribution in [-0.2, 0) is 0 Å². The van der Waals surface area contributed by atoms with E-state index in [1.807, 2.05) is 0 Å². The molecular weight excluding hydrogens is 216 g/mol. The second-order valence-corrected chi connectivity index (χ2v) is 4.17. The third kappa shape index (κ3) is 14.7. The summed E-state index contributed by atoms with van der Waals surface area (Å²) in [6.45, 7) is 7.46. The smallest absolute Gasteiger partial charge is 0.0169 e. The lowest BCUT2D eigenvalue weighted by Crippen LogP contribution is -1.68. The van der Waals surface area contributed by atoms with E-state index in [0.717, 1.165) is 44.9 Å². The molecule has 0 aromatic carbocycles. The molecule has 0 heterocycles. The molecular formula is C18H27. The van der Waals surface area contributed by atoms with Gasteiger partial charge in [-0.05, 0) is 44.9 Å². The van der Waals surface area contributed by atoms with Crippen LogP contribution in [0.4, 0.5) is 0 Å². The van der Waals surface area contributed by atoms with Crippen LogP contribution in [0.25, 0.3) is 0 Å². The fraction of sp³-hybridized carbons (Fsp3) is 0.444. The molecule has 0 rings (SSSR count). The van der Waals surface area contributed by atoms with Crippen LogP contribution >= 0.6 is 0 Å². The summed E-state index contributed by atoms with van der Waals surface area (Å²) in [5, 5.41) is 0. The zero-order valence-electron chi connectivity index (χ0n) is 11.7. The Labute approximate surface area is 113 Å². The number of unbranched alkanes of at least 4 members (excludes halogenated alkanes) is 2. The first-order valence-electron chi connectivity index (χ1n) is 7.05. The van der Waals surface area contributed by atoms with Crippen LogP contribution in [0, 0.1) is 6.58 Å². The van der Waals surface area contributed by atoms with Crippen LogP contribution in [0.15, 0.2) is 54.7 Å². The molecule has 0 saturated heterocycles. The Kier molecular flexibility index (Phi) is 14.6. The molecule has 0 amide bonds. The minimum Gasteiger partial charge on any atom is -0.0885 e. The summed E-state index contributed by atoms with van der Waals surface area (Å²) in [6, 6.07) is 0. The maximum Gasteiger partial charge on any atom is -0.0169 e. The van der Waals surface area contributed by atoms with Gasteiger partial charge in [0.2, 0.25) is 0 Å². The van der Waals surface area contributed by atoms with E-state index in [0.29, 0.717) is 0 Å². The average Bonchev–Trinajstić information content (AvgIpc) is 2.39. The highest BCUT2D eigenvalue weighted by molar-refractivity contribution is 4.99. The molecule has 0 aliphatic rings. The molecule has 0 saturated carbocycles. The van der Waals surface area contributed by atoms with E-state index in [1.165, 1.54) is 0 Å². The Balaban J connectivity index is 3.37. The minimum absolute atomic E-state index is 1.01. The molecule has 0 N–H and O–H groups in total. The van der Waals surface area contributed by atoms with E-state index in [9.17, 15) is 0 Å². The monoisotopic (exact) mass is 243 g/mol. The van der Waals surface area contributed by atoms with Crippen molar-refractivity contribution in [3.63, 3.8) is 0 Å². The van der Waals surface area contributed by atoms with Gasteiger partial charge in [0.15, 0.2) is 0 Å². The summed E-state index contributed by atoms with van der Waals surface area (Å²) >= 11 is 0. The zero-order chi connectivity index (χ0) is 13.3. The second kappa shape index (κ2) is 15.7. The van der Waals surface area contributed by atoms with E-state index in [-0.39, 0.29) is 0 Å². The van der Waals surface area contributed by atoms with Gasteiger partial charge >= 0.3 is 0 Å². The van der Waals surface area contributed by atoms with Gasteiger partial charge in [-0.2, -0.15) is 0 Å². The first-order chi connectivity index (χ1) is 8.91. The van der Waals surface area contributed by atoms with Crippen molar-refractivity contribution in [2.75, 3.05) is 0 Å². The summed E-state index contributed by atoms with van der Waals surface area (Å²) < 4.78 is 0. The molecule has 0 unspecified atom stereocenters. The number of hydrogen-bond acceptors (Lipinski definition) is 0. The second-order valence-electron chi connectivity index (χ2n) is 4.17. The van der Waals surface area contributed by atoms with Gasteiger partial charge in [0, 0.05) is 0 Å². The van der Waals surface area contributed by atoms with Crippen molar-refractivity contribution < 1.29 is 0 Å². The molecule has 99 valence electrons. The number of hydrogen-bond donors (Lipinski definition) is 0. The van der Waals surface area contributed by atoms with E-state index in [1.54, 1.807) is 6.08 Å². The van der Waals surface area contributed by atoms with Crippen LogP contribution in [0.3, 0.4) is 0 Å². The van der Waals surface area contributed by atoms with Crippen LogP contribution < -0.4 is 0 Å². The van der Waals surface area contributed by atoms with E-state index in [4.69, 9.17) is 6.58 Å². The van der Waals surface area contributed by atoms with Crippen LogP contribution in [-0.4, -0.2) is 0 Å². The third-order valence-corrected chi connectivity index (χ3v) is 2.46. The topological polar surface area (TPSA) is 0 Å². The van der Waals surface area contributed by atoms with E-state index in [2.05, 4.69) is 55.5 Å². The van der Waals surface area contributed by atoms with Crippen molar-refractivity contribution in [2.45, 2.75) is 51.9 Å². The van der Waals surface area contributed by atoms with Gasteiger partial charge in [0.05, 0.1) is 0 Å². The standard InChI is InChI=1S/C18H27/c1-3-5-7-9-11-13-15-17-18-16-14-12-10-8-6-4-2/h1,3,6,8,11-14,17-18H,4-5,7,9-10,15-16H2,2H3/b3-1?,8-6-,13-11-,14-12-,18-17-. The molecule has 0 bridgehead atoms. The Morgan fingerprint density at radius 2 is 1.17 bits per heavy atom. The van der Waals surface area contributed by atoms with Crippen molar-refractivity contribution in [3.8, 4) is 0 Å². The molecule has 0 nitrogen and oxygen atoms in total. The zero-order valence-corrected chi connectivity index (χ0v) is 11.7. The number of allylic oxidation sites excluding steroid dienone is 9. The van der Waals surface area contributed by atoms with Gasteiger partial charge in [-0.25, -0.2) is 0 Å². The summed E-state index contributed by atoms with van der Waals surface area (Å²) in [5.74, 6) is 0. The molecule has 18 heavy (non-hydrogen) atoms. The molecule has 0 aromatic heterocycles. The van der Waals surface area contributed by atoms with Gasteiger partial charge in [-0.1, -0.05) is 68.2 Å². The van der Waals surface area contributed by atoms with Gasteiger partial charge in [0.25, 0.3) is 0 Å². The quantitative estimate of drug-likeness (QED) is 0.310. The Hall–Kier alpha value is -1.30. The summed E-state index contributed by atoms with van der Waals surface area (Å²) in [7, 11) is 0. The predicted octanol–water partition coefficient (Wildman–Crippen LogP) is 5.95. The molecule has 0 fully saturated rings. The first kappa shape index (κ1) is 16.7. The summed E-state index contributed by atoms with van der Waals surface area (Å²) in [5.41, 5.74) is 0. The molecule has 0 spiro atoms. The lowest BCUT2D eigenvalue weighted by molar-refractivity contribution is 0.866. The van der Waals surface area contributed by atoms with Crippen molar-refractivity contribution >= 4 is 0 Å². The molecule has 0 heteroatoms. The van der Waals surface area contributed by atoms with Gasteiger partial charge < -0.3 is 0 Å². The van der Waals surface area contributed by atoms with E-state index < -0.39 is 0 Å². The van der Waals surface area contributed by atoms with E-state index >= 15 is 0 Å². The van der Waals surface area contributed by atoms with Gasteiger partial charge in [-0.15, -0.1) is 0 Å². The van der Waals surface area contributed by atoms with Gasteiger partial charge in [0.1, 0.15) is 0 Å². The lowest BCUT2D eigenvalue weighted by atomic mass is 10.2. The first-order valence-corrected chi connectivity index (χ1v) is 7.05. The maximum atomic E-state index is 5.30. The Morgan fingerprint density at radius 1 is 0.667 bits per heavy atom. The number of rotatable bonds is 11. The van der Waals surface area contributed by atoms with Crippen molar-refractivity contribution in [2.24, 2.45) is 0 Å². The van der Waals surface area contributed by atoms with Gasteiger partial charge in [-0.3, -0.25) is 0 Å². The fourth-order valence-electron chi connectivity index (χ4n) is 1.45. The fourth-order valence-corrected chi connectivity index (χ4v) is 1.45. The van der Waals surface area contributed by atoms with Crippen molar-refractivity contribution in [3.05, 3.63) is 61.3 Å². The lowest BCUT2D eigenvalue weighted by Gasteiger charge is -1.88. The predicted molar refractivity (Wildman–Crippen MR) is 83.4 cm³/mol. The maximum absolute atomic E-state index is 5.30. The highest BCUT2D eigenvalue weighted by atomic mass is 13.8. The highest BCUT2D eigenvalue weighted by Crippen LogP contribution is 1.98. The summed E-state index contributed by atoms with van der Waals surface area (Å²) in [6.07, 6.45) is 27.0. The normalized spacial score (nSPS) is 12.5. The minimum atomic E-state index is 1.01. The largest absolute Gasteiger partial charge is 0.0885 e. The Morgan fingerprint density at radius 3 is 1.67 bits per heavy atom. The highest BCUT2D eigenvalue weighted by Gasteiger charge is 1.78. The molecule has 1 radical (unpaired) electrons. The van der Waals surface area contributed by atoms with Crippen LogP contribution in [0.1, 0.15) is 51.9 Å².